The molecule has 1 N–H and O–H groups in total. The normalized spacial score (nSPS) is 23.5. The Morgan fingerprint density at radius 1 is 1.56 bits per heavy atom. The molecule has 0 radical (unpaired) electrons. The molecule has 0 unspecified atom stereocenters. The van der Waals surface area contributed by atoms with Crippen LogP contribution in [0.1, 0.15) is 18.2 Å². The maximum absolute atomic E-state index is 12.3. The first-order valence-electron chi connectivity index (χ1n) is 7.40. The number of aromatic nitrogens is 2. The quantitative estimate of drug-likeness (QED) is 0.346. The van der Waals surface area contributed by atoms with Crippen LogP contribution in [-0.4, -0.2) is 49.7 Å². The zero-order chi connectivity index (χ0) is 17.2. The van der Waals surface area contributed by atoms with E-state index in [4.69, 9.17) is 0 Å². The van der Waals surface area contributed by atoms with Crippen LogP contribution in [0.15, 0.2) is 23.2 Å². The minimum absolute atomic E-state index is 0. The SMILES string of the molecule is CSc1c(C2=C(C(=O)[O-])N3C(=O)[C@H]([C@@H](C)O)[C@H]3C2)sc2cncn12.[Na+]. The molecular weight excluding hydrogens is 373 g/mol. The first kappa shape index (κ1) is 18.9. The van der Waals surface area contributed by atoms with Gasteiger partial charge in [0.15, 0.2) is 0 Å². The maximum atomic E-state index is 12.3. The van der Waals surface area contributed by atoms with Crippen LogP contribution in [-0.2, 0) is 9.59 Å². The Bertz CT molecular complexity index is 904. The number of β-lactam (4-membered cyclic amide) rings is 1. The Morgan fingerprint density at radius 3 is 2.88 bits per heavy atom. The van der Waals surface area contributed by atoms with E-state index in [2.05, 4.69) is 4.98 Å². The number of hydrogen-bond donors (Lipinski definition) is 1. The van der Waals surface area contributed by atoms with Crippen LogP contribution in [0.3, 0.4) is 0 Å². The van der Waals surface area contributed by atoms with Crippen molar-refractivity contribution in [3.05, 3.63) is 23.1 Å². The summed E-state index contributed by atoms with van der Waals surface area (Å²) in [5, 5.41) is 22.4. The number of aliphatic carboxylic acids is 1. The Morgan fingerprint density at radius 2 is 2.28 bits per heavy atom. The van der Waals surface area contributed by atoms with Gasteiger partial charge in [0.1, 0.15) is 11.2 Å². The van der Waals surface area contributed by atoms with E-state index in [-0.39, 0.29) is 47.2 Å². The number of carboxylic acids is 1. The summed E-state index contributed by atoms with van der Waals surface area (Å²) in [5.41, 5.74) is 0.546. The van der Waals surface area contributed by atoms with E-state index < -0.39 is 18.0 Å². The number of aliphatic hydroxyl groups is 1. The second kappa shape index (κ2) is 6.71. The zero-order valence-electron chi connectivity index (χ0n) is 13.9. The number of nitrogens with zero attached hydrogens (tertiary/aromatic N) is 3. The Hall–Kier alpha value is -0.840. The van der Waals surface area contributed by atoms with E-state index in [1.54, 1.807) is 19.4 Å². The van der Waals surface area contributed by atoms with Gasteiger partial charge in [0.25, 0.3) is 0 Å². The van der Waals surface area contributed by atoms with Gasteiger partial charge < -0.3 is 19.9 Å². The molecule has 1 fully saturated rings. The fraction of sp³-hybridized carbons (Fsp3) is 0.400. The van der Waals surface area contributed by atoms with Gasteiger partial charge in [-0.1, -0.05) is 0 Å². The molecule has 1 saturated heterocycles. The van der Waals surface area contributed by atoms with Crippen LogP contribution in [0, 0.1) is 5.92 Å². The van der Waals surface area contributed by atoms with Crippen molar-refractivity contribution in [2.45, 2.75) is 30.5 Å². The van der Waals surface area contributed by atoms with Gasteiger partial charge in [-0.05, 0) is 25.2 Å². The molecule has 2 aromatic rings. The molecule has 2 aliphatic rings. The third kappa shape index (κ3) is 2.60. The molecule has 2 aromatic heterocycles. The molecular formula is C15H14N3NaO4S2. The Kier molecular flexibility index (Phi) is 5.08. The number of amides is 1. The van der Waals surface area contributed by atoms with Crippen LogP contribution >= 0.6 is 23.1 Å². The van der Waals surface area contributed by atoms with E-state index >= 15 is 0 Å². The minimum Gasteiger partial charge on any atom is -0.543 e. The van der Waals surface area contributed by atoms with E-state index in [0.29, 0.717) is 12.0 Å². The molecule has 10 heteroatoms. The number of carboxylic acid groups (broad SMARTS) is 1. The van der Waals surface area contributed by atoms with Gasteiger partial charge in [-0.15, -0.1) is 23.1 Å². The molecule has 1 amide bonds. The molecule has 3 atom stereocenters. The van der Waals surface area contributed by atoms with Crippen LogP contribution in [0.4, 0.5) is 0 Å². The van der Waals surface area contributed by atoms with Gasteiger partial charge in [-0.2, -0.15) is 0 Å². The van der Waals surface area contributed by atoms with Crippen LogP contribution in [0.25, 0.3) is 10.4 Å². The molecule has 0 bridgehead atoms. The van der Waals surface area contributed by atoms with Crippen molar-refractivity contribution >= 4 is 45.4 Å². The van der Waals surface area contributed by atoms with Crippen molar-refractivity contribution in [3.8, 4) is 0 Å². The fourth-order valence-corrected chi connectivity index (χ4v) is 5.74. The maximum Gasteiger partial charge on any atom is 1.00 e. The fourth-order valence-electron chi connectivity index (χ4n) is 3.61. The average molecular weight is 387 g/mol. The molecule has 2 aliphatic heterocycles. The van der Waals surface area contributed by atoms with Crippen molar-refractivity contribution in [1.29, 1.82) is 0 Å². The van der Waals surface area contributed by atoms with Gasteiger partial charge in [-0.25, -0.2) is 4.98 Å². The van der Waals surface area contributed by atoms with Gasteiger partial charge in [0.2, 0.25) is 5.91 Å². The molecule has 0 spiro atoms. The monoisotopic (exact) mass is 387 g/mol. The van der Waals surface area contributed by atoms with E-state index in [1.807, 2.05) is 10.7 Å². The first-order chi connectivity index (χ1) is 11.5. The second-order valence-corrected chi connectivity index (χ2v) is 7.73. The van der Waals surface area contributed by atoms with E-state index in [9.17, 15) is 19.8 Å². The van der Waals surface area contributed by atoms with Crippen molar-refractivity contribution in [1.82, 2.24) is 14.3 Å². The number of aliphatic hydroxyl groups excluding tert-OH is 1. The first-order valence-corrected chi connectivity index (χ1v) is 9.44. The largest absolute Gasteiger partial charge is 1.00 e. The van der Waals surface area contributed by atoms with E-state index in [0.717, 1.165) is 14.7 Å². The van der Waals surface area contributed by atoms with Crippen molar-refractivity contribution < 1.29 is 49.4 Å². The zero-order valence-corrected chi connectivity index (χ0v) is 17.6. The number of thioether (sulfide) groups is 1. The number of rotatable bonds is 4. The predicted molar refractivity (Wildman–Crippen MR) is 87.2 cm³/mol. The van der Waals surface area contributed by atoms with Gasteiger partial charge in [-0.3, -0.25) is 9.20 Å². The summed E-state index contributed by atoms with van der Waals surface area (Å²) in [4.78, 5) is 31.1. The molecule has 4 rings (SSSR count). The number of fused-ring (bicyclic) bond motifs is 2. The molecule has 4 heterocycles. The molecule has 0 aliphatic carbocycles. The Labute approximate surface area is 174 Å². The van der Waals surface area contributed by atoms with Crippen LogP contribution < -0.4 is 34.7 Å². The molecule has 0 aromatic carbocycles. The summed E-state index contributed by atoms with van der Waals surface area (Å²) in [7, 11) is 0. The summed E-state index contributed by atoms with van der Waals surface area (Å²) < 4.78 is 1.91. The standard InChI is InChI=1S/C15H15N3O4S2.Na/c1-6(19)10-8-3-7(11(15(21)22)18(8)13(10)20)12-14(23-2)17-5-16-4-9(17)24-12;/h4-6,8,10,19H,3H2,1-2H3,(H,21,22);/q;+1/p-1/t6-,8-,10-;/m1./s1. The number of hydrogen-bond acceptors (Lipinski definition) is 7. The van der Waals surface area contributed by atoms with Gasteiger partial charge >= 0.3 is 29.6 Å². The minimum atomic E-state index is -1.35. The van der Waals surface area contributed by atoms with E-state index in [1.165, 1.54) is 28.0 Å². The third-order valence-electron chi connectivity index (χ3n) is 4.61. The summed E-state index contributed by atoms with van der Waals surface area (Å²) >= 11 is 2.95. The average Bonchev–Trinajstić information content (AvgIpc) is 3.15. The van der Waals surface area contributed by atoms with Crippen LogP contribution in [0.5, 0.6) is 0 Å². The molecule has 25 heavy (non-hydrogen) atoms. The van der Waals surface area contributed by atoms with Crippen molar-refractivity contribution in [2.75, 3.05) is 6.26 Å². The third-order valence-corrected chi connectivity index (χ3v) is 6.69. The number of thiazole rings is 1. The summed E-state index contributed by atoms with van der Waals surface area (Å²) in [6.45, 7) is 1.56. The van der Waals surface area contributed by atoms with Gasteiger partial charge in [0.05, 0.1) is 45.8 Å². The number of carbonyl (C=O) groups is 2. The predicted octanol–water partition coefficient (Wildman–Crippen LogP) is -2.81. The van der Waals surface area contributed by atoms with Crippen molar-refractivity contribution in [3.63, 3.8) is 0 Å². The second-order valence-electron chi connectivity index (χ2n) is 5.90. The Balaban J connectivity index is 0.00000182. The van der Waals surface area contributed by atoms with Gasteiger partial charge in [0, 0.05) is 0 Å². The summed E-state index contributed by atoms with van der Waals surface area (Å²) in [6, 6.07) is -0.310. The topological polar surface area (TPSA) is 98.0 Å². The molecule has 0 saturated carbocycles. The van der Waals surface area contributed by atoms with Crippen molar-refractivity contribution in [2.24, 2.45) is 5.92 Å². The smallest absolute Gasteiger partial charge is 0.543 e. The summed E-state index contributed by atoms with van der Waals surface area (Å²) in [6.07, 6.45) is 4.94. The van der Waals surface area contributed by atoms with Crippen LogP contribution in [0.2, 0.25) is 0 Å². The number of carbonyl (C=O) groups excluding carboxylic acids is 2. The summed E-state index contributed by atoms with van der Waals surface area (Å²) in [5.74, 6) is -2.25. The molecule has 126 valence electrons. The number of imidazole rings is 1. The molecule has 7 nitrogen and oxygen atoms in total.